The highest BCUT2D eigenvalue weighted by atomic mass is 79.9. The topological polar surface area (TPSA) is 110 Å². The Hall–Kier alpha value is -1.96. The Bertz CT molecular complexity index is 526. The molecular weight excluding hydrogens is 288 g/mol. The van der Waals surface area contributed by atoms with Gasteiger partial charge in [-0.25, -0.2) is 0 Å². The summed E-state index contributed by atoms with van der Waals surface area (Å²) >= 11 is 3.26. The Balaban J connectivity index is 2.02. The number of nitrogen functional groups attached to an aromatic ring is 1. The fourth-order valence-electron chi connectivity index (χ4n) is 1.20. The predicted molar refractivity (Wildman–Crippen MR) is 63.9 cm³/mol. The first-order valence-electron chi connectivity index (χ1n) is 4.72. The van der Waals surface area contributed by atoms with Crippen LogP contribution >= 0.6 is 15.9 Å². The number of carbonyl (C=O) groups excluding carboxylic acids is 1. The van der Waals surface area contributed by atoms with Gasteiger partial charge in [0.15, 0.2) is 5.82 Å². The molecule has 0 bridgehead atoms. The second-order valence-corrected chi connectivity index (χ2v) is 4.10. The van der Waals surface area contributed by atoms with E-state index in [-0.39, 0.29) is 12.5 Å². The fourth-order valence-corrected chi connectivity index (χ4v) is 1.45. The Labute approximate surface area is 105 Å². The minimum atomic E-state index is -0.242. The summed E-state index contributed by atoms with van der Waals surface area (Å²) in [7, 11) is 0. The molecule has 2 rings (SSSR count). The number of anilines is 1. The lowest BCUT2D eigenvalue weighted by molar-refractivity contribution is 0.0950. The smallest absolute Gasteiger partial charge is 0.251 e. The summed E-state index contributed by atoms with van der Waals surface area (Å²) in [6.07, 6.45) is 0. The maximum Gasteiger partial charge on any atom is 0.251 e. The van der Waals surface area contributed by atoms with E-state index < -0.39 is 0 Å². The molecule has 0 saturated carbocycles. The van der Waals surface area contributed by atoms with E-state index in [0.717, 1.165) is 4.47 Å². The van der Waals surface area contributed by atoms with Crippen LogP contribution in [0.25, 0.3) is 0 Å². The first-order valence-corrected chi connectivity index (χ1v) is 5.51. The van der Waals surface area contributed by atoms with Gasteiger partial charge in [0.25, 0.3) is 5.91 Å². The average molecular weight is 297 g/mol. The Morgan fingerprint density at radius 2 is 2.35 bits per heavy atom. The molecule has 0 unspecified atom stereocenters. The van der Waals surface area contributed by atoms with Gasteiger partial charge in [0.05, 0.1) is 6.54 Å². The van der Waals surface area contributed by atoms with Gasteiger partial charge in [0.1, 0.15) is 0 Å². The largest absolute Gasteiger partial charge is 0.398 e. The molecule has 0 radical (unpaired) electrons. The quantitative estimate of drug-likeness (QED) is 0.714. The van der Waals surface area contributed by atoms with E-state index in [9.17, 15) is 4.79 Å². The normalized spacial score (nSPS) is 10.2. The summed E-state index contributed by atoms with van der Waals surface area (Å²) in [4.78, 5) is 11.7. The van der Waals surface area contributed by atoms with Crippen molar-refractivity contribution < 1.29 is 4.79 Å². The lowest BCUT2D eigenvalue weighted by atomic mass is 10.2. The number of carbonyl (C=O) groups is 1. The molecule has 0 aliphatic heterocycles. The molecule has 2 aromatic rings. The number of tetrazole rings is 1. The molecule has 0 aliphatic carbocycles. The monoisotopic (exact) mass is 296 g/mol. The summed E-state index contributed by atoms with van der Waals surface area (Å²) in [5, 5.41) is 15.8. The minimum absolute atomic E-state index is 0.214. The molecule has 1 amide bonds. The van der Waals surface area contributed by atoms with Crippen molar-refractivity contribution in [3.63, 3.8) is 0 Å². The van der Waals surface area contributed by atoms with Crippen molar-refractivity contribution in [1.82, 2.24) is 25.9 Å². The molecule has 7 nitrogen and oxygen atoms in total. The van der Waals surface area contributed by atoms with Crippen LogP contribution in [0.1, 0.15) is 16.2 Å². The van der Waals surface area contributed by atoms with Gasteiger partial charge in [-0.15, -0.1) is 10.2 Å². The summed E-state index contributed by atoms with van der Waals surface area (Å²) in [6, 6.07) is 4.99. The number of hydrogen-bond donors (Lipinski definition) is 3. The Kier molecular flexibility index (Phi) is 3.33. The van der Waals surface area contributed by atoms with E-state index in [1.807, 2.05) is 0 Å². The third-order valence-electron chi connectivity index (χ3n) is 2.05. The number of amides is 1. The van der Waals surface area contributed by atoms with E-state index in [2.05, 4.69) is 41.9 Å². The predicted octanol–water partition coefficient (Wildman–Crippen LogP) is 0.474. The average Bonchev–Trinajstić information content (AvgIpc) is 2.82. The fraction of sp³-hybridized carbons (Fsp3) is 0.111. The van der Waals surface area contributed by atoms with Crippen LogP contribution in [0.4, 0.5) is 5.69 Å². The van der Waals surface area contributed by atoms with Crippen molar-refractivity contribution in [3.8, 4) is 0 Å². The number of halogens is 1. The molecule has 0 aliphatic rings. The summed E-state index contributed by atoms with van der Waals surface area (Å²) in [6.45, 7) is 0.214. The maximum absolute atomic E-state index is 11.7. The number of nitrogens with zero attached hydrogens (tertiary/aromatic N) is 3. The number of nitrogens with two attached hydrogens (primary N) is 1. The van der Waals surface area contributed by atoms with E-state index in [4.69, 9.17) is 5.73 Å². The van der Waals surface area contributed by atoms with Gasteiger partial charge < -0.3 is 11.1 Å². The van der Waals surface area contributed by atoms with Crippen LogP contribution in [0.2, 0.25) is 0 Å². The number of benzene rings is 1. The van der Waals surface area contributed by atoms with Crippen LogP contribution in [0.15, 0.2) is 22.7 Å². The van der Waals surface area contributed by atoms with Crippen molar-refractivity contribution in [2.24, 2.45) is 0 Å². The number of aromatic nitrogens is 4. The van der Waals surface area contributed by atoms with Crippen LogP contribution in [-0.4, -0.2) is 26.5 Å². The molecule has 0 saturated heterocycles. The number of nitrogens with one attached hydrogen (secondary N) is 2. The van der Waals surface area contributed by atoms with Crippen molar-refractivity contribution in [2.75, 3.05) is 5.73 Å². The molecule has 0 spiro atoms. The number of hydrogen-bond acceptors (Lipinski definition) is 5. The van der Waals surface area contributed by atoms with Gasteiger partial charge >= 0.3 is 0 Å². The van der Waals surface area contributed by atoms with Crippen LogP contribution in [0, 0.1) is 0 Å². The van der Waals surface area contributed by atoms with Crippen LogP contribution in [0.5, 0.6) is 0 Å². The highest BCUT2D eigenvalue weighted by molar-refractivity contribution is 9.10. The molecule has 1 aromatic heterocycles. The van der Waals surface area contributed by atoms with E-state index >= 15 is 0 Å². The van der Waals surface area contributed by atoms with Gasteiger partial charge in [0.2, 0.25) is 0 Å². The zero-order valence-electron chi connectivity index (χ0n) is 8.64. The molecule has 88 valence electrons. The molecule has 17 heavy (non-hydrogen) atoms. The van der Waals surface area contributed by atoms with Crippen molar-refractivity contribution in [1.29, 1.82) is 0 Å². The number of rotatable bonds is 3. The minimum Gasteiger partial charge on any atom is -0.398 e. The summed E-state index contributed by atoms with van der Waals surface area (Å²) < 4.78 is 0.757. The van der Waals surface area contributed by atoms with Gasteiger partial charge in [-0.2, -0.15) is 5.21 Å². The number of H-pyrrole nitrogens is 1. The van der Waals surface area contributed by atoms with Crippen LogP contribution in [-0.2, 0) is 6.54 Å². The number of aromatic amines is 1. The molecule has 0 fully saturated rings. The molecule has 1 aromatic carbocycles. The van der Waals surface area contributed by atoms with Crippen LogP contribution in [0.3, 0.4) is 0 Å². The maximum atomic E-state index is 11.7. The Morgan fingerprint density at radius 3 is 3.00 bits per heavy atom. The molecular formula is C9H9BrN6O. The highest BCUT2D eigenvalue weighted by Crippen LogP contribution is 2.20. The molecule has 4 N–H and O–H groups in total. The van der Waals surface area contributed by atoms with Gasteiger partial charge in [-0.05, 0) is 34.1 Å². The van der Waals surface area contributed by atoms with Gasteiger partial charge in [0, 0.05) is 15.7 Å². The van der Waals surface area contributed by atoms with Gasteiger partial charge in [-0.1, -0.05) is 5.21 Å². The third-order valence-corrected chi connectivity index (χ3v) is 2.78. The lowest BCUT2D eigenvalue weighted by Crippen LogP contribution is -2.23. The molecule has 8 heteroatoms. The zero-order valence-corrected chi connectivity index (χ0v) is 10.2. The van der Waals surface area contributed by atoms with E-state index in [1.165, 1.54) is 0 Å². The van der Waals surface area contributed by atoms with E-state index in [1.54, 1.807) is 18.2 Å². The standard InChI is InChI=1S/C9H9BrN6O/c10-6-2-1-5(3-7(6)11)9(17)12-4-8-13-15-16-14-8/h1-3H,4,11H2,(H,12,17)(H,13,14,15,16). The summed E-state index contributed by atoms with van der Waals surface area (Å²) in [5.74, 6) is 0.178. The molecule has 1 heterocycles. The second kappa shape index (κ2) is 4.91. The van der Waals surface area contributed by atoms with Gasteiger partial charge in [-0.3, -0.25) is 4.79 Å². The lowest BCUT2D eigenvalue weighted by Gasteiger charge is -2.04. The first-order chi connectivity index (χ1) is 8.16. The third kappa shape index (κ3) is 2.78. The SMILES string of the molecule is Nc1cc(C(=O)NCc2nn[nH]n2)ccc1Br. The Morgan fingerprint density at radius 1 is 1.53 bits per heavy atom. The highest BCUT2D eigenvalue weighted by Gasteiger charge is 2.08. The first kappa shape index (κ1) is 11.5. The molecule has 0 atom stereocenters. The zero-order chi connectivity index (χ0) is 12.3. The van der Waals surface area contributed by atoms with Crippen molar-refractivity contribution >= 4 is 27.5 Å². The summed E-state index contributed by atoms with van der Waals surface area (Å²) in [5.41, 5.74) is 6.67. The van der Waals surface area contributed by atoms with Crippen molar-refractivity contribution in [3.05, 3.63) is 34.1 Å². The second-order valence-electron chi connectivity index (χ2n) is 3.25. The van der Waals surface area contributed by atoms with Crippen molar-refractivity contribution in [2.45, 2.75) is 6.54 Å². The van der Waals surface area contributed by atoms with E-state index in [0.29, 0.717) is 17.1 Å². The van der Waals surface area contributed by atoms with Crippen LogP contribution < -0.4 is 11.1 Å².